The number of carbonyl (C=O) groups excluding carboxylic acids is 1. The van der Waals surface area contributed by atoms with Gasteiger partial charge in [-0.15, -0.1) is 0 Å². The Morgan fingerprint density at radius 3 is 2.55 bits per heavy atom. The summed E-state index contributed by atoms with van der Waals surface area (Å²) in [7, 11) is 0. The third-order valence-corrected chi connectivity index (χ3v) is 4.13. The number of anilines is 1. The van der Waals surface area contributed by atoms with Crippen LogP contribution in [0.4, 0.5) is 10.6 Å². The van der Waals surface area contributed by atoms with Crippen molar-refractivity contribution in [3.8, 4) is 0 Å². The first-order chi connectivity index (χ1) is 10.4. The topological polar surface area (TPSA) is 79.0 Å². The predicted octanol–water partition coefficient (Wildman–Crippen LogP) is 3.03. The van der Waals surface area contributed by atoms with E-state index in [4.69, 9.17) is 4.74 Å². The number of carbonyl (C=O) groups is 1. The smallest absolute Gasteiger partial charge is 0.413 e. The van der Waals surface area contributed by atoms with Crippen LogP contribution in [0.2, 0.25) is 0 Å². The highest BCUT2D eigenvalue weighted by molar-refractivity contribution is 5.84. The van der Waals surface area contributed by atoms with Gasteiger partial charge in [-0.05, 0) is 58.3 Å². The Balaban J connectivity index is 1.54. The number of nitrogens with one attached hydrogen (secondary N) is 3. The molecule has 122 valence electrons. The van der Waals surface area contributed by atoms with Crippen molar-refractivity contribution >= 4 is 11.9 Å². The third-order valence-electron chi connectivity index (χ3n) is 4.13. The van der Waals surface area contributed by atoms with Gasteiger partial charge in [-0.2, -0.15) is 5.10 Å². The van der Waals surface area contributed by atoms with Crippen LogP contribution in [0.25, 0.3) is 0 Å². The number of aromatic nitrogens is 2. The maximum Gasteiger partial charge on any atom is 0.413 e. The number of amides is 1. The minimum Gasteiger partial charge on any atom is -0.444 e. The zero-order valence-corrected chi connectivity index (χ0v) is 13.6. The van der Waals surface area contributed by atoms with Crippen LogP contribution < -0.4 is 10.6 Å². The van der Waals surface area contributed by atoms with E-state index in [-0.39, 0.29) is 0 Å². The van der Waals surface area contributed by atoms with Gasteiger partial charge in [0.1, 0.15) is 11.4 Å². The summed E-state index contributed by atoms with van der Waals surface area (Å²) in [5.74, 6) is 2.32. The molecular formula is C16H26N4O2. The van der Waals surface area contributed by atoms with Gasteiger partial charge in [0.2, 0.25) is 0 Å². The fourth-order valence-electron chi connectivity index (χ4n) is 2.82. The van der Waals surface area contributed by atoms with Gasteiger partial charge in [-0.1, -0.05) is 0 Å². The SMILES string of the molecule is CC(C)(C)OC(=O)Nc1[nH]ncc1CNC(C1CC1)C1CC1. The summed E-state index contributed by atoms with van der Waals surface area (Å²) >= 11 is 0. The van der Waals surface area contributed by atoms with Crippen LogP contribution in [0.1, 0.15) is 52.0 Å². The number of ether oxygens (including phenoxy) is 1. The second kappa shape index (κ2) is 5.91. The molecule has 0 unspecified atom stereocenters. The second-order valence-corrected chi connectivity index (χ2v) is 7.48. The van der Waals surface area contributed by atoms with E-state index < -0.39 is 11.7 Å². The number of hydrogen-bond donors (Lipinski definition) is 3. The molecule has 22 heavy (non-hydrogen) atoms. The molecule has 0 bridgehead atoms. The first kappa shape index (κ1) is 15.3. The normalized spacial score (nSPS) is 18.5. The van der Waals surface area contributed by atoms with Gasteiger partial charge >= 0.3 is 6.09 Å². The summed E-state index contributed by atoms with van der Waals surface area (Å²) in [6, 6.07) is 0.629. The number of nitrogens with zero attached hydrogens (tertiary/aromatic N) is 1. The summed E-state index contributed by atoms with van der Waals surface area (Å²) in [5, 5.41) is 13.3. The van der Waals surface area contributed by atoms with Crippen molar-refractivity contribution in [1.82, 2.24) is 15.5 Å². The van der Waals surface area contributed by atoms with E-state index in [1.54, 1.807) is 6.20 Å². The molecular weight excluding hydrogens is 280 g/mol. The molecule has 2 fully saturated rings. The van der Waals surface area contributed by atoms with Gasteiger partial charge in [0, 0.05) is 18.2 Å². The lowest BCUT2D eigenvalue weighted by molar-refractivity contribution is 0.0635. The Kier molecular flexibility index (Phi) is 4.12. The minimum absolute atomic E-state index is 0.459. The Hall–Kier alpha value is -1.56. The first-order valence-corrected chi connectivity index (χ1v) is 8.18. The zero-order chi connectivity index (χ0) is 15.7. The molecule has 0 spiro atoms. The summed E-state index contributed by atoms with van der Waals surface area (Å²) in [5.41, 5.74) is 0.461. The summed E-state index contributed by atoms with van der Waals surface area (Å²) < 4.78 is 5.27. The van der Waals surface area contributed by atoms with Crippen LogP contribution >= 0.6 is 0 Å². The fourth-order valence-corrected chi connectivity index (χ4v) is 2.82. The lowest BCUT2D eigenvalue weighted by Crippen LogP contribution is -2.33. The van der Waals surface area contributed by atoms with Crippen LogP contribution in [-0.4, -0.2) is 27.9 Å². The third kappa shape index (κ3) is 4.22. The van der Waals surface area contributed by atoms with Gasteiger partial charge in [0.05, 0.1) is 6.20 Å². The Labute approximate surface area is 131 Å². The van der Waals surface area contributed by atoms with E-state index in [9.17, 15) is 4.79 Å². The first-order valence-electron chi connectivity index (χ1n) is 8.18. The molecule has 1 heterocycles. The van der Waals surface area contributed by atoms with Crippen molar-refractivity contribution in [1.29, 1.82) is 0 Å². The van der Waals surface area contributed by atoms with E-state index in [1.807, 2.05) is 20.8 Å². The summed E-state index contributed by atoms with van der Waals surface area (Å²) in [4.78, 5) is 11.9. The highest BCUT2D eigenvalue weighted by atomic mass is 16.6. The lowest BCUT2D eigenvalue weighted by Gasteiger charge is -2.20. The van der Waals surface area contributed by atoms with Crippen molar-refractivity contribution in [2.45, 2.75) is 64.6 Å². The molecule has 3 N–H and O–H groups in total. The van der Waals surface area contributed by atoms with Crippen molar-refractivity contribution in [3.63, 3.8) is 0 Å². The maximum absolute atomic E-state index is 11.9. The zero-order valence-electron chi connectivity index (χ0n) is 13.6. The van der Waals surface area contributed by atoms with E-state index in [2.05, 4.69) is 20.8 Å². The van der Waals surface area contributed by atoms with Crippen LogP contribution in [-0.2, 0) is 11.3 Å². The van der Waals surface area contributed by atoms with Gasteiger partial charge in [0.25, 0.3) is 0 Å². The highest BCUT2D eigenvalue weighted by Gasteiger charge is 2.41. The van der Waals surface area contributed by atoms with E-state index >= 15 is 0 Å². The molecule has 2 aliphatic rings. The van der Waals surface area contributed by atoms with E-state index in [1.165, 1.54) is 25.7 Å². The van der Waals surface area contributed by atoms with E-state index in [0.29, 0.717) is 11.9 Å². The average Bonchev–Trinajstić information content (AvgIpc) is 3.29. The van der Waals surface area contributed by atoms with Crippen LogP contribution in [0.3, 0.4) is 0 Å². The molecule has 0 radical (unpaired) electrons. The minimum atomic E-state index is -0.508. The Bertz CT molecular complexity index is 514. The van der Waals surface area contributed by atoms with Gasteiger partial charge in [-0.3, -0.25) is 10.4 Å². The maximum atomic E-state index is 11.9. The predicted molar refractivity (Wildman–Crippen MR) is 84.5 cm³/mol. The fraction of sp³-hybridized carbons (Fsp3) is 0.750. The molecule has 2 saturated carbocycles. The van der Waals surface area contributed by atoms with Crippen LogP contribution in [0.5, 0.6) is 0 Å². The molecule has 2 aliphatic carbocycles. The number of rotatable bonds is 6. The van der Waals surface area contributed by atoms with Crippen molar-refractivity contribution in [3.05, 3.63) is 11.8 Å². The molecule has 0 aromatic carbocycles. The van der Waals surface area contributed by atoms with Gasteiger partial charge in [-0.25, -0.2) is 4.79 Å². The number of H-pyrrole nitrogens is 1. The van der Waals surface area contributed by atoms with Crippen molar-refractivity contribution < 1.29 is 9.53 Å². The number of aromatic amines is 1. The summed E-state index contributed by atoms with van der Waals surface area (Å²) in [6.45, 7) is 6.26. The molecule has 1 amide bonds. The second-order valence-electron chi connectivity index (χ2n) is 7.48. The standard InChI is InChI=1S/C16H26N4O2/c1-16(2,3)22-15(21)19-14-12(9-18-20-14)8-17-13(10-4-5-10)11-6-7-11/h9-11,13,17H,4-8H2,1-3H3,(H2,18,19,20,21). The average molecular weight is 306 g/mol. The Morgan fingerprint density at radius 1 is 1.36 bits per heavy atom. The van der Waals surface area contributed by atoms with E-state index in [0.717, 1.165) is 23.9 Å². The monoisotopic (exact) mass is 306 g/mol. The molecule has 1 aromatic rings. The van der Waals surface area contributed by atoms with Crippen LogP contribution in [0, 0.1) is 11.8 Å². The number of hydrogen-bond acceptors (Lipinski definition) is 4. The molecule has 6 heteroatoms. The van der Waals surface area contributed by atoms with Crippen molar-refractivity contribution in [2.24, 2.45) is 11.8 Å². The molecule has 1 aromatic heterocycles. The quantitative estimate of drug-likeness (QED) is 0.755. The Morgan fingerprint density at radius 2 is 2.00 bits per heavy atom. The van der Waals surface area contributed by atoms with Gasteiger partial charge < -0.3 is 10.1 Å². The van der Waals surface area contributed by atoms with Crippen LogP contribution in [0.15, 0.2) is 6.20 Å². The molecule has 0 aliphatic heterocycles. The largest absolute Gasteiger partial charge is 0.444 e. The van der Waals surface area contributed by atoms with Crippen molar-refractivity contribution in [2.75, 3.05) is 5.32 Å². The molecule has 6 nitrogen and oxygen atoms in total. The van der Waals surface area contributed by atoms with Gasteiger partial charge in [0.15, 0.2) is 0 Å². The molecule has 3 rings (SSSR count). The summed E-state index contributed by atoms with van der Waals surface area (Å²) in [6.07, 6.45) is 6.70. The highest BCUT2D eigenvalue weighted by Crippen LogP contribution is 2.44. The lowest BCUT2D eigenvalue weighted by atomic mass is 10.1. The molecule has 0 atom stereocenters. The molecule has 0 saturated heterocycles.